The molecule has 2 aromatic carbocycles. The Hall–Kier alpha value is -1.63. The molecule has 0 atom stereocenters. The molecule has 248 valence electrons. The first-order valence-electron chi connectivity index (χ1n) is 12.8. The van der Waals surface area contributed by atoms with E-state index in [1.54, 1.807) is 0 Å². The van der Waals surface area contributed by atoms with E-state index in [1.807, 2.05) is 11.3 Å². The predicted molar refractivity (Wildman–Crippen MR) is 138 cm³/mol. The summed E-state index contributed by atoms with van der Waals surface area (Å²) in [6, 6.07) is 14.9. The molecule has 2 heterocycles. The van der Waals surface area contributed by atoms with Crippen molar-refractivity contribution in [3.8, 4) is 5.75 Å². The average Bonchev–Trinajstić information content (AvgIpc) is 3.27. The molecule has 0 amide bonds. The van der Waals surface area contributed by atoms with Crippen LogP contribution in [0.15, 0.2) is 42.5 Å². The van der Waals surface area contributed by atoms with Gasteiger partial charge in [0.05, 0.1) is 45.3 Å². The number of hydrogen-bond acceptors (Lipinski definition) is 14. The number of fused-ring (bicyclic) bond motifs is 2. The van der Waals surface area contributed by atoms with Crippen LogP contribution < -0.4 is 70.3 Å². The van der Waals surface area contributed by atoms with E-state index in [0.717, 1.165) is 30.1 Å². The van der Waals surface area contributed by atoms with Gasteiger partial charge in [-0.25, -0.2) is 37.3 Å². The van der Waals surface area contributed by atoms with Crippen molar-refractivity contribution in [2.45, 2.75) is 13.5 Å². The van der Waals surface area contributed by atoms with Gasteiger partial charge in [-0.05, 0) is 36.8 Å². The Balaban J connectivity index is 0.00000141. The second kappa shape index (κ2) is 22.0. The number of thiazole rings is 1. The third kappa shape index (κ3) is 18.9. The van der Waals surface area contributed by atoms with Crippen LogP contribution in [0.2, 0.25) is 0 Å². The molecule has 19 heteroatoms. The number of halogens is 2. The number of aromatic nitrogens is 1. The maximum Gasteiger partial charge on any atom is 1.00 e. The number of hydrogen-bond donors (Lipinski definition) is 0. The van der Waals surface area contributed by atoms with Gasteiger partial charge in [-0.1, -0.05) is 29.5 Å². The minimum absolute atomic E-state index is 0. The van der Waals surface area contributed by atoms with E-state index in [-0.39, 0.29) is 24.3 Å². The summed E-state index contributed by atoms with van der Waals surface area (Å²) in [6.07, 6.45) is 4.36. The van der Waals surface area contributed by atoms with Gasteiger partial charge in [0.1, 0.15) is 23.6 Å². The van der Waals surface area contributed by atoms with Crippen LogP contribution in [-0.4, -0.2) is 65.3 Å². The van der Waals surface area contributed by atoms with Gasteiger partial charge < -0.3 is 29.3 Å². The zero-order valence-electron chi connectivity index (χ0n) is 25.0. The fraction of sp³-hybridized carbons (Fsp3) is 0.423. The molecular weight excluding hydrogens is 658 g/mol. The van der Waals surface area contributed by atoms with E-state index >= 15 is 0 Å². The molecule has 0 bridgehead atoms. The summed E-state index contributed by atoms with van der Waals surface area (Å²) < 4.78 is 94.5. The molecule has 45 heavy (non-hydrogen) atoms. The van der Waals surface area contributed by atoms with Crippen molar-refractivity contribution in [3.05, 3.63) is 53.0 Å². The molecule has 0 unspecified atom stereocenters. The molecule has 0 radical (unpaired) electrons. The quantitative estimate of drug-likeness (QED) is 0.183. The molecule has 4 rings (SSSR count). The third-order valence-electron chi connectivity index (χ3n) is 5.57. The van der Waals surface area contributed by atoms with Crippen molar-refractivity contribution in [1.29, 1.82) is 0 Å². The summed E-state index contributed by atoms with van der Waals surface area (Å²) in [5, 5.41) is 1.24. The van der Waals surface area contributed by atoms with Crippen molar-refractivity contribution in [2.24, 2.45) is 0 Å². The Morgan fingerprint density at radius 2 is 1.33 bits per heavy atom. The molecule has 0 spiro atoms. The first-order valence-corrected chi connectivity index (χ1v) is 16.1. The molecule has 3 aromatic rings. The van der Waals surface area contributed by atoms with Crippen LogP contribution >= 0.6 is 11.3 Å². The number of benzene rings is 2. The van der Waals surface area contributed by atoms with Crippen molar-refractivity contribution in [1.82, 2.24) is 0 Å². The smallest absolute Gasteiger partial charge is 0.489 e. The SMILES string of the molecule is CC[n+]1c(/C=C/c2ccc3c(c2)OCCOCCOCCOCCN3C)sc2ccccc21.O.[Li+].[O-][Cl+3]([O-])([O-])[O-].[O-][Cl+3]([O-])([O-])[O-]. The van der Waals surface area contributed by atoms with Crippen LogP contribution in [0.4, 0.5) is 5.69 Å². The van der Waals surface area contributed by atoms with E-state index in [4.69, 9.17) is 56.2 Å². The van der Waals surface area contributed by atoms with Gasteiger partial charge in [-0.2, -0.15) is 4.57 Å². The van der Waals surface area contributed by atoms with Gasteiger partial charge in [-0.15, -0.1) is 20.5 Å². The number of likely N-dealkylation sites (N-methyl/N-ethyl adjacent to an activating group) is 1. The van der Waals surface area contributed by atoms with Crippen LogP contribution in [0.25, 0.3) is 22.4 Å². The number of aryl methyl sites for hydroxylation is 1. The molecule has 1 aliphatic heterocycles. The van der Waals surface area contributed by atoms with Gasteiger partial charge in [0.15, 0.2) is 0 Å². The van der Waals surface area contributed by atoms with Crippen LogP contribution in [0.5, 0.6) is 5.75 Å². The molecule has 0 saturated carbocycles. The van der Waals surface area contributed by atoms with Gasteiger partial charge >= 0.3 is 18.9 Å². The summed E-state index contributed by atoms with van der Waals surface area (Å²) in [6.45, 7) is 7.89. The molecule has 0 fully saturated rings. The average molecular weight is 693 g/mol. The number of ether oxygens (including phenoxy) is 4. The molecule has 1 aliphatic rings. The van der Waals surface area contributed by atoms with Gasteiger partial charge in [0.2, 0.25) is 5.52 Å². The van der Waals surface area contributed by atoms with Crippen LogP contribution in [0.1, 0.15) is 17.5 Å². The third-order valence-corrected chi connectivity index (χ3v) is 6.70. The first-order chi connectivity index (χ1) is 20.3. The Labute approximate surface area is 281 Å². The predicted octanol–water partition coefficient (Wildman–Crippen LogP) is -9.08. The van der Waals surface area contributed by atoms with E-state index in [1.165, 1.54) is 15.2 Å². The number of para-hydroxylation sites is 1. The largest absolute Gasteiger partial charge is 1.00 e. The first kappa shape index (κ1) is 43.4. The second-order valence-corrected chi connectivity index (χ2v) is 11.1. The summed E-state index contributed by atoms with van der Waals surface area (Å²) in [7, 11) is -7.83. The van der Waals surface area contributed by atoms with E-state index in [9.17, 15) is 0 Å². The Kier molecular flexibility index (Phi) is 21.2. The fourth-order valence-corrected chi connectivity index (χ4v) is 4.94. The summed E-state index contributed by atoms with van der Waals surface area (Å²) in [4.78, 5) is 2.17. The molecule has 0 aliphatic carbocycles. The topological polar surface area (TPSA) is 260 Å². The maximum absolute atomic E-state index is 8.49. The van der Waals surface area contributed by atoms with Crippen molar-refractivity contribution in [3.63, 3.8) is 0 Å². The fourth-order valence-electron chi connectivity index (χ4n) is 3.81. The normalized spacial score (nSPS) is 15.0. The summed E-state index contributed by atoms with van der Waals surface area (Å²) in [5.41, 5.74) is 3.43. The van der Waals surface area contributed by atoms with Crippen molar-refractivity contribution >= 4 is 39.4 Å². The van der Waals surface area contributed by atoms with Crippen LogP contribution in [0, 0.1) is 20.5 Å². The standard InChI is InChI=1S/C26H33N2O4S.2ClHO4.Li.H2O/c1-3-28-23-6-4-5-7-25(23)33-26(28)11-9-21-8-10-22-24(20-21)32-19-18-31-17-16-30-15-14-29-13-12-27(22)2;2*2-1(3,4)5;;/h4-11,20H,3,12-19H2,1-2H3;2*(H,2,3,4,5);;1H2/q+1;;;+1;/p-2. The van der Waals surface area contributed by atoms with E-state index in [2.05, 4.69) is 78.1 Å². The molecular formula is C26H35Cl2LiN2O13S. The summed E-state index contributed by atoms with van der Waals surface area (Å²) >= 11 is 1.81. The van der Waals surface area contributed by atoms with Gasteiger partial charge in [-0.3, -0.25) is 0 Å². The van der Waals surface area contributed by atoms with Gasteiger partial charge in [0.25, 0.3) is 5.01 Å². The Morgan fingerprint density at radius 3 is 1.91 bits per heavy atom. The maximum atomic E-state index is 8.49. The molecule has 1 aromatic heterocycles. The number of anilines is 1. The minimum Gasteiger partial charge on any atom is -0.489 e. The molecule has 0 saturated heterocycles. The Morgan fingerprint density at radius 1 is 0.800 bits per heavy atom. The monoisotopic (exact) mass is 692 g/mol. The second-order valence-electron chi connectivity index (χ2n) is 8.58. The zero-order chi connectivity index (χ0) is 31.9. The minimum atomic E-state index is -4.94. The number of nitrogens with zero attached hydrogens (tertiary/aromatic N) is 2. The van der Waals surface area contributed by atoms with E-state index in [0.29, 0.717) is 46.2 Å². The van der Waals surface area contributed by atoms with Gasteiger partial charge in [0, 0.05) is 25.7 Å². The Bertz CT molecular complexity index is 1250. The van der Waals surface area contributed by atoms with Crippen LogP contribution in [0.3, 0.4) is 0 Å². The van der Waals surface area contributed by atoms with Crippen LogP contribution in [-0.2, 0) is 20.8 Å². The molecule has 2 N–H and O–H groups in total. The number of rotatable bonds is 3. The zero-order valence-corrected chi connectivity index (χ0v) is 27.3. The van der Waals surface area contributed by atoms with Crippen molar-refractivity contribution < 1.29 is 106 Å². The van der Waals surface area contributed by atoms with E-state index < -0.39 is 20.5 Å². The van der Waals surface area contributed by atoms with Crippen molar-refractivity contribution in [2.75, 3.05) is 64.7 Å². The molecule has 15 nitrogen and oxygen atoms in total. The summed E-state index contributed by atoms with van der Waals surface area (Å²) in [5.74, 6) is 0.856.